The van der Waals surface area contributed by atoms with Crippen LogP contribution in [-0.4, -0.2) is 35.5 Å². The van der Waals surface area contributed by atoms with Crippen LogP contribution in [0.5, 0.6) is 0 Å². The minimum absolute atomic E-state index is 0.0132. The van der Waals surface area contributed by atoms with E-state index in [0.29, 0.717) is 16.4 Å². The molecule has 3 nitrogen and oxygen atoms in total. The Balaban J connectivity index is 1.43. The molecular formula is C19H21FN2OS. The number of carbonyl (C=O) groups excluding carboxylic acids is 1. The first-order chi connectivity index (χ1) is 11.6. The molecule has 1 spiro atoms. The molecule has 1 saturated carbocycles. The molecule has 0 radical (unpaired) electrons. The number of fused-ring (bicyclic) bond motifs is 3. The van der Waals surface area contributed by atoms with Gasteiger partial charge < -0.3 is 5.32 Å². The Morgan fingerprint density at radius 1 is 1.29 bits per heavy atom. The van der Waals surface area contributed by atoms with Crippen molar-refractivity contribution in [2.45, 2.75) is 44.2 Å². The predicted octanol–water partition coefficient (Wildman–Crippen LogP) is 3.71. The molecule has 1 amide bonds. The Kier molecular flexibility index (Phi) is 3.11. The van der Waals surface area contributed by atoms with Gasteiger partial charge in [-0.25, -0.2) is 4.39 Å². The fraction of sp³-hybridized carbons (Fsp3) is 0.526. The lowest BCUT2D eigenvalue weighted by molar-refractivity contribution is -0.00138. The summed E-state index contributed by atoms with van der Waals surface area (Å²) in [5.74, 6) is 0.427. The Bertz CT molecular complexity index is 794. The summed E-state index contributed by atoms with van der Waals surface area (Å²) in [6, 6.07) is 5.49. The van der Waals surface area contributed by atoms with Crippen molar-refractivity contribution in [3.8, 4) is 0 Å². The van der Waals surface area contributed by atoms with E-state index in [1.807, 2.05) is 12.1 Å². The van der Waals surface area contributed by atoms with E-state index in [1.54, 1.807) is 6.92 Å². The minimum Gasteiger partial charge on any atom is -0.346 e. The summed E-state index contributed by atoms with van der Waals surface area (Å²) in [6.45, 7) is 4.15. The molecule has 1 atom stereocenters. The largest absolute Gasteiger partial charge is 0.346 e. The molecule has 1 aromatic heterocycles. The summed E-state index contributed by atoms with van der Waals surface area (Å²) in [5.41, 5.74) is 0.876. The van der Waals surface area contributed by atoms with E-state index in [9.17, 15) is 9.18 Å². The van der Waals surface area contributed by atoms with E-state index in [2.05, 4.69) is 10.2 Å². The highest BCUT2D eigenvalue weighted by atomic mass is 32.1. The van der Waals surface area contributed by atoms with Crippen LogP contribution in [0.1, 0.15) is 40.9 Å². The van der Waals surface area contributed by atoms with Gasteiger partial charge in [-0.2, -0.15) is 0 Å². The van der Waals surface area contributed by atoms with Crippen molar-refractivity contribution in [3.05, 3.63) is 34.5 Å². The quantitative estimate of drug-likeness (QED) is 0.901. The maximum Gasteiger partial charge on any atom is 0.261 e. The molecule has 1 N–H and O–H groups in total. The van der Waals surface area contributed by atoms with Gasteiger partial charge in [-0.05, 0) is 80.8 Å². The summed E-state index contributed by atoms with van der Waals surface area (Å²) in [6.07, 6.45) is 4.82. The summed E-state index contributed by atoms with van der Waals surface area (Å²) in [4.78, 5) is 16.1. The van der Waals surface area contributed by atoms with Crippen molar-refractivity contribution >= 4 is 27.3 Å². The first kappa shape index (κ1) is 14.8. The van der Waals surface area contributed by atoms with Crippen molar-refractivity contribution in [2.24, 2.45) is 5.92 Å². The monoisotopic (exact) mass is 344 g/mol. The zero-order valence-corrected chi connectivity index (χ0v) is 14.6. The van der Waals surface area contributed by atoms with E-state index in [1.165, 1.54) is 56.2 Å². The number of carbonyl (C=O) groups is 1. The molecule has 1 unspecified atom stereocenters. The minimum atomic E-state index is -0.207. The number of piperidine rings is 3. The van der Waals surface area contributed by atoms with Gasteiger partial charge in [0.1, 0.15) is 5.82 Å². The van der Waals surface area contributed by atoms with Gasteiger partial charge in [-0.15, -0.1) is 11.3 Å². The maximum atomic E-state index is 13.7. The molecular weight excluding hydrogens is 323 g/mol. The highest BCUT2D eigenvalue weighted by Crippen LogP contribution is 2.53. The van der Waals surface area contributed by atoms with Crippen LogP contribution in [0.4, 0.5) is 4.39 Å². The number of thiophene rings is 1. The number of halogens is 1. The third-order valence-corrected chi connectivity index (χ3v) is 7.39. The number of amides is 1. The summed E-state index contributed by atoms with van der Waals surface area (Å²) >= 11 is 1.47. The molecule has 1 aliphatic carbocycles. The first-order valence-corrected chi connectivity index (χ1v) is 9.64. The van der Waals surface area contributed by atoms with Crippen molar-refractivity contribution in [2.75, 3.05) is 13.1 Å². The van der Waals surface area contributed by atoms with Gasteiger partial charge in [0.05, 0.1) is 10.9 Å². The SMILES string of the molecule is Cc1cc2sc(C(=O)NC3C4CCN(CC4)C34CC4)cc2cc1F. The molecule has 126 valence electrons. The number of nitrogens with one attached hydrogen (secondary N) is 1. The second-order valence-corrected chi connectivity index (χ2v) is 8.71. The van der Waals surface area contributed by atoms with Gasteiger partial charge in [0.2, 0.25) is 0 Å². The average molecular weight is 344 g/mol. The second-order valence-electron chi connectivity index (χ2n) is 7.63. The van der Waals surface area contributed by atoms with Crippen LogP contribution in [0.2, 0.25) is 0 Å². The maximum absolute atomic E-state index is 13.7. The normalized spacial score (nSPS) is 30.0. The molecule has 4 heterocycles. The Labute approximate surface area is 144 Å². The average Bonchev–Trinajstić information content (AvgIpc) is 3.25. The molecule has 6 rings (SSSR count). The van der Waals surface area contributed by atoms with E-state index >= 15 is 0 Å². The van der Waals surface area contributed by atoms with Crippen molar-refractivity contribution in [1.29, 1.82) is 0 Å². The highest BCUT2D eigenvalue weighted by Gasteiger charge is 2.60. The number of benzene rings is 1. The fourth-order valence-corrected chi connectivity index (χ4v) is 5.85. The number of hydrogen-bond donors (Lipinski definition) is 1. The Morgan fingerprint density at radius 3 is 2.75 bits per heavy atom. The van der Waals surface area contributed by atoms with E-state index in [-0.39, 0.29) is 23.3 Å². The van der Waals surface area contributed by atoms with E-state index < -0.39 is 0 Å². The van der Waals surface area contributed by atoms with Crippen LogP contribution in [-0.2, 0) is 0 Å². The second kappa shape index (κ2) is 5.02. The molecule has 24 heavy (non-hydrogen) atoms. The van der Waals surface area contributed by atoms with E-state index in [4.69, 9.17) is 0 Å². The van der Waals surface area contributed by atoms with Crippen LogP contribution in [0, 0.1) is 18.7 Å². The highest BCUT2D eigenvalue weighted by molar-refractivity contribution is 7.20. The summed E-state index contributed by atoms with van der Waals surface area (Å²) in [5, 5.41) is 4.17. The van der Waals surface area contributed by atoms with Gasteiger partial charge in [-0.3, -0.25) is 9.69 Å². The predicted molar refractivity (Wildman–Crippen MR) is 94.0 cm³/mol. The van der Waals surface area contributed by atoms with Crippen LogP contribution in [0.3, 0.4) is 0 Å². The molecule has 1 aromatic carbocycles. The Morgan fingerprint density at radius 2 is 2.04 bits per heavy atom. The third kappa shape index (κ3) is 2.07. The molecule has 3 saturated heterocycles. The van der Waals surface area contributed by atoms with E-state index in [0.717, 1.165) is 10.1 Å². The number of hydrogen-bond acceptors (Lipinski definition) is 3. The van der Waals surface area contributed by atoms with Crippen LogP contribution < -0.4 is 5.32 Å². The van der Waals surface area contributed by atoms with Crippen LogP contribution in [0.15, 0.2) is 18.2 Å². The topological polar surface area (TPSA) is 32.3 Å². The number of rotatable bonds is 2. The lowest BCUT2D eigenvalue weighted by Gasteiger charge is -2.52. The first-order valence-electron chi connectivity index (χ1n) is 8.82. The van der Waals surface area contributed by atoms with Gasteiger partial charge in [0.15, 0.2) is 0 Å². The molecule has 4 aliphatic rings. The van der Waals surface area contributed by atoms with Gasteiger partial charge in [0, 0.05) is 10.2 Å². The lowest BCUT2D eigenvalue weighted by atomic mass is 9.77. The molecule has 5 heteroatoms. The number of nitrogens with zero attached hydrogens (tertiary/aromatic N) is 1. The summed E-state index contributed by atoms with van der Waals surface area (Å²) in [7, 11) is 0. The van der Waals surface area contributed by atoms with Crippen molar-refractivity contribution < 1.29 is 9.18 Å². The van der Waals surface area contributed by atoms with Gasteiger partial charge >= 0.3 is 0 Å². The van der Waals surface area contributed by atoms with Gasteiger partial charge in [0.25, 0.3) is 5.91 Å². The third-order valence-electron chi connectivity index (χ3n) is 6.29. The molecule has 2 aromatic rings. The Hall–Kier alpha value is -1.46. The standard InChI is InChI=1S/C19H21FN2OS/c1-11-8-15-13(9-14(11)20)10-16(24-15)18(23)21-17-12-2-6-22(7-3-12)19(17)4-5-19/h8-10,12,17H,2-7H2,1H3,(H,21,23). The van der Waals surface area contributed by atoms with Gasteiger partial charge in [-0.1, -0.05) is 0 Å². The lowest BCUT2D eigenvalue weighted by Crippen LogP contribution is -2.65. The van der Waals surface area contributed by atoms with Crippen molar-refractivity contribution in [3.63, 3.8) is 0 Å². The zero-order chi connectivity index (χ0) is 16.5. The molecule has 2 bridgehead atoms. The van der Waals surface area contributed by atoms with Crippen LogP contribution in [0.25, 0.3) is 10.1 Å². The molecule has 3 aliphatic heterocycles. The molecule has 4 fully saturated rings. The summed E-state index contributed by atoms with van der Waals surface area (Å²) < 4.78 is 14.7. The fourth-order valence-electron chi connectivity index (χ4n) is 4.81. The number of aryl methyl sites for hydroxylation is 1. The van der Waals surface area contributed by atoms with Crippen LogP contribution >= 0.6 is 11.3 Å². The smallest absolute Gasteiger partial charge is 0.261 e. The van der Waals surface area contributed by atoms with Crippen molar-refractivity contribution in [1.82, 2.24) is 10.2 Å². The zero-order valence-electron chi connectivity index (χ0n) is 13.8.